The molecule has 24 heavy (non-hydrogen) atoms. The van der Waals surface area contributed by atoms with Gasteiger partial charge in [-0.25, -0.2) is 0 Å². The maximum Gasteiger partial charge on any atom is 0.245 e. The molecule has 2 aliphatic rings. The highest BCUT2D eigenvalue weighted by atomic mass is 16.2. The molecule has 2 fully saturated rings. The third-order valence-corrected chi connectivity index (χ3v) is 5.79. The first-order valence-corrected chi connectivity index (χ1v) is 9.78. The summed E-state index contributed by atoms with van der Waals surface area (Å²) in [5, 5.41) is 2.96. The molecule has 2 amide bonds. The molecule has 2 rings (SSSR count). The predicted molar refractivity (Wildman–Crippen MR) is 97.5 cm³/mol. The fourth-order valence-electron chi connectivity index (χ4n) is 5.00. The molecule has 0 aromatic rings. The van der Waals surface area contributed by atoms with Crippen LogP contribution in [0.4, 0.5) is 0 Å². The Morgan fingerprint density at radius 3 is 2.54 bits per heavy atom. The van der Waals surface area contributed by atoms with Gasteiger partial charge < -0.3 is 10.2 Å². The Balaban J connectivity index is 1.84. The summed E-state index contributed by atoms with van der Waals surface area (Å²) in [4.78, 5) is 27.0. The number of carbonyl (C=O) groups excluding carboxylic acids is 2. The van der Waals surface area contributed by atoms with Crippen LogP contribution in [0.15, 0.2) is 0 Å². The molecular formula is C20H36N2O2. The minimum atomic E-state index is -0.410. The van der Waals surface area contributed by atoms with Crippen LogP contribution in [0.3, 0.4) is 0 Å². The summed E-state index contributed by atoms with van der Waals surface area (Å²) in [6.45, 7) is 11.7. The van der Waals surface area contributed by atoms with Crippen molar-refractivity contribution in [2.24, 2.45) is 17.3 Å². The van der Waals surface area contributed by atoms with E-state index in [0.29, 0.717) is 29.7 Å². The van der Waals surface area contributed by atoms with E-state index in [-0.39, 0.29) is 11.8 Å². The molecule has 4 unspecified atom stereocenters. The molecule has 0 radical (unpaired) electrons. The summed E-state index contributed by atoms with van der Waals surface area (Å²) in [6.07, 6.45) is 7.38. The van der Waals surface area contributed by atoms with Crippen LogP contribution in [0.1, 0.15) is 79.6 Å². The number of rotatable bonds is 4. The Labute approximate surface area is 147 Å². The normalized spacial score (nSPS) is 31.4. The van der Waals surface area contributed by atoms with Gasteiger partial charge in [-0.2, -0.15) is 0 Å². The fraction of sp³-hybridized carbons (Fsp3) is 0.900. The van der Waals surface area contributed by atoms with Crippen molar-refractivity contribution < 1.29 is 9.59 Å². The van der Waals surface area contributed by atoms with E-state index >= 15 is 0 Å². The number of nitrogens with one attached hydrogen (secondary N) is 1. The second kappa shape index (κ2) is 7.88. The van der Waals surface area contributed by atoms with E-state index < -0.39 is 6.04 Å². The van der Waals surface area contributed by atoms with Crippen molar-refractivity contribution >= 4 is 11.8 Å². The lowest BCUT2D eigenvalue weighted by molar-refractivity contribution is -0.139. The number of likely N-dealkylation sites (tertiary alicyclic amines) is 1. The SMILES string of the molecule is CC1CC(CC(=O)NC(C)C(=O)N2CCCCC2C)CC(C)(C)C1. The second-order valence-corrected chi connectivity index (χ2v) is 9.15. The average molecular weight is 337 g/mol. The monoisotopic (exact) mass is 336 g/mol. The van der Waals surface area contributed by atoms with Gasteiger partial charge in [-0.05, 0) is 69.6 Å². The Hall–Kier alpha value is -1.06. The summed E-state index contributed by atoms with van der Waals surface area (Å²) in [5.41, 5.74) is 0.327. The molecule has 1 heterocycles. The van der Waals surface area contributed by atoms with E-state index in [1.807, 2.05) is 11.8 Å². The molecule has 138 valence electrons. The molecular weight excluding hydrogens is 300 g/mol. The van der Waals surface area contributed by atoms with Gasteiger partial charge in [0.05, 0.1) is 0 Å². The zero-order valence-electron chi connectivity index (χ0n) is 16.2. The van der Waals surface area contributed by atoms with E-state index in [2.05, 4.69) is 33.0 Å². The highest BCUT2D eigenvalue weighted by Crippen LogP contribution is 2.42. The van der Waals surface area contributed by atoms with Crippen LogP contribution in [0, 0.1) is 17.3 Å². The Morgan fingerprint density at radius 1 is 1.21 bits per heavy atom. The molecule has 1 saturated carbocycles. The van der Waals surface area contributed by atoms with Crippen molar-refractivity contribution in [3.05, 3.63) is 0 Å². The molecule has 0 aromatic carbocycles. The quantitative estimate of drug-likeness (QED) is 0.850. The lowest BCUT2D eigenvalue weighted by atomic mass is 9.67. The van der Waals surface area contributed by atoms with E-state index in [0.717, 1.165) is 32.2 Å². The van der Waals surface area contributed by atoms with Gasteiger partial charge in [0, 0.05) is 19.0 Å². The Bertz CT molecular complexity index is 461. The molecule has 4 nitrogen and oxygen atoms in total. The van der Waals surface area contributed by atoms with Crippen molar-refractivity contribution in [2.75, 3.05) is 6.54 Å². The van der Waals surface area contributed by atoms with Crippen LogP contribution in [0.25, 0.3) is 0 Å². The number of piperidine rings is 1. The summed E-state index contributed by atoms with van der Waals surface area (Å²) in [5.74, 6) is 1.24. The third-order valence-electron chi connectivity index (χ3n) is 5.79. The van der Waals surface area contributed by atoms with Gasteiger partial charge in [0.25, 0.3) is 0 Å². The Morgan fingerprint density at radius 2 is 1.92 bits per heavy atom. The van der Waals surface area contributed by atoms with Crippen LogP contribution < -0.4 is 5.32 Å². The molecule has 0 spiro atoms. The topological polar surface area (TPSA) is 49.4 Å². The molecule has 1 aliphatic carbocycles. The van der Waals surface area contributed by atoms with E-state index in [4.69, 9.17) is 0 Å². The molecule has 1 saturated heterocycles. The predicted octanol–water partition coefficient (Wildman–Crippen LogP) is 3.74. The maximum atomic E-state index is 12.6. The van der Waals surface area contributed by atoms with E-state index in [9.17, 15) is 9.59 Å². The number of hydrogen-bond donors (Lipinski definition) is 1. The van der Waals surface area contributed by atoms with Crippen molar-refractivity contribution in [1.82, 2.24) is 10.2 Å². The average Bonchev–Trinajstić information content (AvgIpc) is 2.44. The van der Waals surface area contributed by atoms with Crippen molar-refractivity contribution in [3.63, 3.8) is 0 Å². The van der Waals surface area contributed by atoms with Crippen LogP contribution in [-0.2, 0) is 9.59 Å². The Kier molecular flexibility index (Phi) is 6.33. The summed E-state index contributed by atoms with van der Waals surface area (Å²) < 4.78 is 0. The maximum absolute atomic E-state index is 12.6. The first-order valence-electron chi connectivity index (χ1n) is 9.78. The molecule has 4 atom stereocenters. The van der Waals surface area contributed by atoms with Crippen molar-refractivity contribution in [1.29, 1.82) is 0 Å². The van der Waals surface area contributed by atoms with Gasteiger partial charge in [0.2, 0.25) is 11.8 Å². The molecule has 0 bridgehead atoms. The van der Waals surface area contributed by atoms with Crippen LogP contribution in [0.2, 0.25) is 0 Å². The molecule has 1 N–H and O–H groups in total. The van der Waals surface area contributed by atoms with Gasteiger partial charge in [0.1, 0.15) is 6.04 Å². The fourth-order valence-corrected chi connectivity index (χ4v) is 5.00. The first-order chi connectivity index (χ1) is 11.2. The largest absolute Gasteiger partial charge is 0.345 e. The van der Waals surface area contributed by atoms with E-state index in [1.54, 1.807) is 0 Å². The number of hydrogen-bond acceptors (Lipinski definition) is 2. The molecule has 1 aliphatic heterocycles. The van der Waals surface area contributed by atoms with Gasteiger partial charge >= 0.3 is 0 Å². The van der Waals surface area contributed by atoms with Gasteiger partial charge in [-0.1, -0.05) is 20.8 Å². The zero-order valence-corrected chi connectivity index (χ0v) is 16.2. The number of nitrogens with zero attached hydrogens (tertiary/aromatic N) is 1. The van der Waals surface area contributed by atoms with Crippen molar-refractivity contribution in [2.45, 2.75) is 91.6 Å². The lowest BCUT2D eigenvalue weighted by Gasteiger charge is -2.39. The second-order valence-electron chi connectivity index (χ2n) is 9.15. The highest BCUT2D eigenvalue weighted by Gasteiger charge is 2.34. The van der Waals surface area contributed by atoms with Crippen LogP contribution in [0.5, 0.6) is 0 Å². The number of amides is 2. The summed E-state index contributed by atoms with van der Waals surface area (Å²) in [7, 11) is 0. The lowest BCUT2D eigenvalue weighted by Crippen LogP contribution is -2.51. The van der Waals surface area contributed by atoms with E-state index in [1.165, 1.54) is 12.8 Å². The van der Waals surface area contributed by atoms with Gasteiger partial charge in [-0.3, -0.25) is 9.59 Å². The van der Waals surface area contributed by atoms with Crippen molar-refractivity contribution in [3.8, 4) is 0 Å². The third kappa shape index (κ3) is 5.22. The standard InChI is InChI=1S/C20H36N2O2/c1-14-10-17(13-20(4,5)12-14)11-18(23)21-16(3)19(24)22-9-7-6-8-15(22)2/h14-17H,6-13H2,1-5H3,(H,21,23). The number of carbonyl (C=O) groups is 2. The molecule has 0 aromatic heterocycles. The minimum Gasteiger partial charge on any atom is -0.345 e. The summed E-state index contributed by atoms with van der Waals surface area (Å²) in [6, 6.07) is -0.113. The van der Waals surface area contributed by atoms with Gasteiger partial charge in [-0.15, -0.1) is 0 Å². The minimum absolute atomic E-state index is 0.0374. The zero-order chi connectivity index (χ0) is 17.9. The van der Waals surface area contributed by atoms with Crippen LogP contribution in [-0.4, -0.2) is 35.3 Å². The highest BCUT2D eigenvalue weighted by molar-refractivity contribution is 5.87. The summed E-state index contributed by atoms with van der Waals surface area (Å²) >= 11 is 0. The van der Waals surface area contributed by atoms with Crippen LogP contribution >= 0.6 is 0 Å². The smallest absolute Gasteiger partial charge is 0.245 e. The molecule has 4 heteroatoms. The first kappa shape index (κ1) is 19.3. The van der Waals surface area contributed by atoms with Gasteiger partial charge in [0.15, 0.2) is 0 Å².